The Morgan fingerprint density at radius 3 is 2.57 bits per heavy atom. The van der Waals surface area contributed by atoms with Crippen LogP contribution >= 0.6 is 11.8 Å². The molecule has 0 saturated carbocycles. The van der Waals surface area contributed by atoms with Crippen molar-refractivity contribution < 1.29 is 40.6 Å². The van der Waals surface area contributed by atoms with Crippen molar-refractivity contribution in [2.24, 2.45) is 0 Å². The van der Waals surface area contributed by atoms with Crippen molar-refractivity contribution in [2.75, 3.05) is 19.5 Å². The maximum atomic E-state index is 15.9. The molecular formula is C39H35F3N4O6S2. The molecule has 1 aliphatic rings. The lowest BCUT2D eigenvalue weighted by Crippen LogP contribution is -2.37. The zero-order valence-electron chi connectivity index (χ0n) is 29.7. The number of rotatable bonds is 11. The molecule has 3 heterocycles. The number of esters is 1. The van der Waals surface area contributed by atoms with Crippen LogP contribution in [0.2, 0.25) is 0 Å². The summed E-state index contributed by atoms with van der Waals surface area (Å²) in [7, 11) is -4.27. The molecule has 15 heteroatoms. The van der Waals surface area contributed by atoms with Crippen molar-refractivity contribution in [3.63, 3.8) is 0 Å². The maximum absolute atomic E-state index is 15.9. The number of hydrogen-bond donors (Lipinski definition) is 0. The molecule has 1 atom stereocenters. The highest BCUT2D eigenvalue weighted by molar-refractivity contribution is 7.99. The first-order chi connectivity index (χ1) is 25.9. The summed E-state index contributed by atoms with van der Waals surface area (Å²) in [4.78, 5) is 16.5. The molecule has 1 unspecified atom stereocenters. The van der Waals surface area contributed by atoms with Gasteiger partial charge in [-0.3, -0.25) is 4.79 Å². The number of benzene rings is 4. The quantitative estimate of drug-likeness (QED) is 0.0945. The monoisotopic (exact) mass is 776 g/mol. The van der Waals surface area contributed by atoms with Gasteiger partial charge in [0.05, 0.1) is 34.1 Å². The van der Waals surface area contributed by atoms with Crippen LogP contribution in [0.15, 0.2) is 89.0 Å². The number of fused-ring (bicyclic) bond motifs is 2. The summed E-state index contributed by atoms with van der Waals surface area (Å²) >= 11 is 1.04. The Balaban J connectivity index is 1.21. The molecule has 6 aromatic rings. The first kappa shape index (κ1) is 37.1. The van der Waals surface area contributed by atoms with Gasteiger partial charge < -0.3 is 14.2 Å². The topological polar surface area (TPSA) is 115 Å². The second-order valence-corrected chi connectivity index (χ2v) is 15.5. The Bertz CT molecular complexity index is 2520. The standard InChI is InChI=1S/C39H35F3N4O6S2/c1-5-50-31(47)16-11-24-7-6-8-29-35(24)51-20-18-39(29,3)46-22-43-38(44-46)28-21-25(12-15-30(28)40)52-36-33(42)32(41)34-27(37(36)53-4)17-19-45(34)54(48,49)26-13-9-23(2)10-14-26/h6-10,12-15,17,19,21-22H,5,11,16,18,20H2,1-4H3. The lowest BCUT2D eigenvalue weighted by molar-refractivity contribution is -0.143. The Hall–Kier alpha value is -5.28. The molecule has 0 N–H and O–H groups in total. The van der Waals surface area contributed by atoms with Gasteiger partial charge in [0.25, 0.3) is 10.0 Å². The average molecular weight is 777 g/mol. The van der Waals surface area contributed by atoms with Crippen LogP contribution in [0.5, 0.6) is 17.2 Å². The van der Waals surface area contributed by atoms with Gasteiger partial charge in [0.15, 0.2) is 17.4 Å². The van der Waals surface area contributed by atoms with Crippen molar-refractivity contribution in [2.45, 2.75) is 55.4 Å². The molecule has 1 aliphatic heterocycles. The smallest absolute Gasteiger partial charge is 0.306 e. The summed E-state index contributed by atoms with van der Waals surface area (Å²) < 4.78 is 93.6. The Kier molecular flexibility index (Phi) is 9.96. The summed E-state index contributed by atoms with van der Waals surface area (Å²) in [6.45, 7) is 6.18. The number of para-hydroxylation sites is 1. The van der Waals surface area contributed by atoms with Crippen LogP contribution in [-0.2, 0) is 31.5 Å². The van der Waals surface area contributed by atoms with E-state index >= 15 is 13.2 Å². The van der Waals surface area contributed by atoms with E-state index in [1.807, 2.05) is 25.1 Å². The molecule has 0 bridgehead atoms. The zero-order valence-corrected chi connectivity index (χ0v) is 31.4. The van der Waals surface area contributed by atoms with Crippen LogP contribution in [0.25, 0.3) is 22.3 Å². The fraction of sp³-hybridized carbons (Fsp3) is 0.256. The molecule has 54 heavy (non-hydrogen) atoms. The molecule has 280 valence electrons. The molecule has 2 aromatic heterocycles. The third kappa shape index (κ3) is 6.48. The molecule has 0 radical (unpaired) electrons. The molecule has 0 amide bonds. The summed E-state index contributed by atoms with van der Waals surface area (Å²) in [5.74, 6) is -3.66. The fourth-order valence-electron chi connectivity index (χ4n) is 6.61. The van der Waals surface area contributed by atoms with Gasteiger partial charge in [-0.25, -0.2) is 30.8 Å². The maximum Gasteiger partial charge on any atom is 0.306 e. The van der Waals surface area contributed by atoms with Gasteiger partial charge in [-0.2, -0.15) is 4.39 Å². The average Bonchev–Trinajstić information content (AvgIpc) is 3.84. The Labute approximate surface area is 313 Å². The molecule has 0 fully saturated rings. The highest BCUT2D eigenvalue weighted by atomic mass is 32.2. The first-order valence-corrected chi connectivity index (χ1v) is 19.7. The third-order valence-electron chi connectivity index (χ3n) is 9.50. The van der Waals surface area contributed by atoms with E-state index < -0.39 is 44.3 Å². The van der Waals surface area contributed by atoms with Crippen LogP contribution in [0.1, 0.15) is 43.4 Å². The number of halogens is 3. The van der Waals surface area contributed by atoms with Crippen LogP contribution in [-0.4, -0.2) is 52.6 Å². The number of carbonyl (C=O) groups excluding carboxylic acids is 1. The number of aryl methyl sites for hydroxylation is 2. The summed E-state index contributed by atoms with van der Waals surface area (Å²) in [6.07, 6.45) is 5.43. The number of nitrogens with zero attached hydrogens (tertiary/aromatic N) is 4. The van der Waals surface area contributed by atoms with E-state index in [0.29, 0.717) is 35.8 Å². The van der Waals surface area contributed by atoms with E-state index in [-0.39, 0.29) is 44.7 Å². The van der Waals surface area contributed by atoms with Gasteiger partial charge in [-0.05, 0) is 75.4 Å². The van der Waals surface area contributed by atoms with Gasteiger partial charge in [0.1, 0.15) is 29.2 Å². The van der Waals surface area contributed by atoms with Crippen molar-refractivity contribution >= 4 is 38.7 Å². The predicted molar refractivity (Wildman–Crippen MR) is 197 cm³/mol. The van der Waals surface area contributed by atoms with E-state index in [1.54, 1.807) is 36.9 Å². The Morgan fingerprint density at radius 2 is 1.83 bits per heavy atom. The molecule has 7 rings (SSSR count). The van der Waals surface area contributed by atoms with E-state index in [9.17, 15) is 13.2 Å². The van der Waals surface area contributed by atoms with Gasteiger partial charge >= 0.3 is 5.97 Å². The molecular weight excluding hydrogens is 742 g/mol. The van der Waals surface area contributed by atoms with E-state index in [1.165, 1.54) is 42.9 Å². The molecule has 10 nitrogen and oxygen atoms in total. The minimum absolute atomic E-state index is 0.0243. The van der Waals surface area contributed by atoms with Crippen LogP contribution < -0.4 is 9.47 Å². The van der Waals surface area contributed by atoms with E-state index in [4.69, 9.17) is 14.2 Å². The van der Waals surface area contributed by atoms with Crippen molar-refractivity contribution in [1.82, 2.24) is 18.7 Å². The zero-order chi connectivity index (χ0) is 38.4. The van der Waals surface area contributed by atoms with Gasteiger partial charge in [0.2, 0.25) is 5.82 Å². The number of ether oxygens (including phenoxy) is 3. The van der Waals surface area contributed by atoms with E-state index in [2.05, 4.69) is 10.1 Å². The highest BCUT2D eigenvalue weighted by Crippen LogP contribution is 2.44. The second-order valence-electron chi connectivity index (χ2n) is 12.9. The number of aromatic nitrogens is 4. The van der Waals surface area contributed by atoms with Crippen molar-refractivity contribution in [3.8, 4) is 28.6 Å². The summed E-state index contributed by atoms with van der Waals surface area (Å²) in [5.41, 5.74) is 1.25. The number of thioether (sulfide) groups is 1. The highest BCUT2D eigenvalue weighted by Gasteiger charge is 2.38. The third-order valence-corrected chi connectivity index (χ3v) is 12.0. The molecule has 0 spiro atoms. The van der Waals surface area contributed by atoms with Crippen molar-refractivity contribution in [3.05, 3.63) is 113 Å². The summed E-state index contributed by atoms with van der Waals surface area (Å²) in [5, 5.41) is 4.77. The largest absolute Gasteiger partial charge is 0.493 e. The first-order valence-electron chi connectivity index (χ1n) is 17.1. The molecule has 0 saturated heterocycles. The minimum atomic E-state index is -4.27. The second kappa shape index (κ2) is 14.5. The normalized spacial score (nSPS) is 15.5. The number of hydrogen-bond acceptors (Lipinski definition) is 9. The van der Waals surface area contributed by atoms with Crippen LogP contribution in [0.3, 0.4) is 0 Å². The summed E-state index contributed by atoms with van der Waals surface area (Å²) in [6, 6.07) is 16.8. The van der Waals surface area contributed by atoms with Gasteiger partial charge in [-0.15, -0.1) is 16.9 Å². The minimum Gasteiger partial charge on any atom is -0.493 e. The molecule has 0 aliphatic carbocycles. The van der Waals surface area contributed by atoms with Gasteiger partial charge in [0, 0.05) is 30.0 Å². The lowest BCUT2D eigenvalue weighted by Gasteiger charge is -2.36. The SMILES string of the molecule is CCOC(=O)CCc1cccc2c1OCCC2(C)n1cnc(-c2cc(Oc3c(F)c(F)c4c(ccn4S(=O)(=O)c4ccc(C)cc4)c3SC)ccc2F)n1. The lowest BCUT2D eigenvalue weighted by atomic mass is 9.84. The van der Waals surface area contributed by atoms with Crippen LogP contribution in [0.4, 0.5) is 13.2 Å². The van der Waals surface area contributed by atoms with Crippen LogP contribution in [0, 0.1) is 24.4 Å². The predicted octanol–water partition coefficient (Wildman–Crippen LogP) is 8.42. The molecule has 4 aromatic carbocycles. The van der Waals surface area contributed by atoms with Crippen molar-refractivity contribution in [1.29, 1.82) is 0 Å². The van der Waals surface area contributed by atoms with Gasteiger partial charge in [-0.1, -0.05) is 35.9 Å². The fourth-order valence-corrected chi connectivity index (χ4v) is 8.66. The van der Waals surface area contributed by atoms with E-state index in [0.717, 1.165) is 34.5 Å². The number of carbonyl (C=O) groups is 1. The Morgan fingerprint density at radius 1 is 1.06 bits per heavy atom.